The minimum atomic E-state index is -1.65. The molecular weight excluding hydrogens is 757 g/mol. The second-order valence-corrected chi connectivity index (χ2v) is 14.9. The van der Waals surface area contributed by atoms with Crippen molar-refractivity contribution in [2.45, 2.75) is 13.2 Å². The lowest BCUT2D eigenvalue weighted by atomic mass is 9.87. The van der Waals surface area contributed by atoms with Crippen molar-refractivity contribution >= 4 is 61.1 Å². The van der Waals surface area contributed by atoms with E-state index in [0.717, 1.165) is 49.5 Å². The SMILES string of the molecule is C=Cc1ccccc1N(c1c(-n2c3ccccc3c3cc(F)ccc32)c(-c2ccccc2)c2c3ccccc3n(-c3ccccc3)c2c1-c1ccc(C#N)cc1C#N)C(C)F. The van der Waals surface area contributed by atoms with Gasteiger partial charge in [0.25, 0.3) is 0 Å². The quantitative estimate of drug-likeness (QED) is 0.144. The normalized spacial score (nSPS) is 11.8. The predicted molar refractivity (Wildman–Crippen MR) is 245 cm³/mol. The Kier molecular flexibility index (Phi) is 9.01. The Balaban J connectivity index is 1.61. The van der Waals surface area contributed by atoms with Crippen LogP contribution in [0.15, 0.2) is 176 Å². The van der Waals surface area contributed by atoms with Crippen LogP contribution >= 0.6 is 0 Å². The zero-order chi connectivity index (χ0) is 41.8. The first-order chi connectivity index (χ1) is 29.9. The van der Waals surface area contributed by atoms with Gasteiger partial charge in [-0.15, -0.1) is 0 Å². The van der Waals surface area contributed by atoms with Gasteiger partial charge < -0.3 is 14.0 Å². The lowest BCUT2D eigenvalue weighted by Crippen LogP contribution is -2.28. The summed E-state index contributed by atoms with van der Waals surface area (Å²) < 4.78 is 37.3. The van der Waals surface area contributed by atoms with Crippen molar-refractivity contribution in [1.82, 2.24) is 9.13 Å². The first-order valence-electron chi connectivity index (χ1n) is 20.0. The molecule has 2 aromatic heterocycles. The van der Waals surface area contributed by atoms with Crippen molar-refractivity contribution in [3.8, 4) is 45.8 Å². The minimum Gasteiger partial charge on any atom is -0.309 e. The van der Waals surface area contributed by atoms with E-state index < -0.39 is 6.30 Å². The fraction of sp³-hybridized carbons (Fsp3) is 0.0370. The van der Waals surface area contributed by atoms with Crippen LogP contribution in [0.4, 0.5) is 20.2 Å². The third-order valence-corrected chi connectivity index (χ3v) is 11.5. The van der Waals surface area contributed by atoms with Gasteiger partial charge in [0.2, 0.25) is 0 Å². The molecule has 2 heterocycles. The number of hydrogen-bond acceptors (Lipinski definition) is 3. The summed E-state index contributed by atoms with van der Waals surface area (Å²) in [5.74, 6) is -0.379. The van der Waals surface area contributed by atoms with Gasteiger partial charge in [-0.3, -0.25) is 0 Å². The molecule has 290 valence electrons. The molecule has 1 atom stereocenters. The van der Waals surface area contributed by atoms with Crippen LogP contribution in [-0.2, 0) is 0 Å². The molecule has 10 rings (SSSR count). The summed E-state index contributed by atoms with van der Waals surface area (Å²) in [7, 11) is 0. The van der Waals surface area contributed by atoms with Crippen molar-refractivity contribution in [2.75, 3.05) is 4.90 Å². The van der Waals surface area contributed by atoms with E-state index in [1.165, 1.54) is 13.0 Å². The number of benzene rings is 8. The molecule has 0 amide bonds. The molecule has 0 bridgehead atoms. The van der Waals surface area contributed by atoms with Gasteiger partial charge in [-0.25, -0.2) is 8.78 Å². The van der Waals surface area contributed by atoms with Gasteiger partial charge in [-0.2, -0.15) is 10.5 Å². The summed E-state index contributed by atoms with van der Waals surface area (Å²) in [4.78, 5) is 1.70. The highest BCUT2D eigenvalue weighted by Crippen LogP contribution is 2.56. The smallest absolute Gasteiger partial charge is 0.173 e. The molecule has 0 aliphatic rings. The van der Waals surface area contributed by atoms with Gasteiger partial charge in [0.05, 0.1) is 62.4 Å². The summed E-state index contributed by atoms with van der Waals surface area (Å²) in [6.45, 7) is 5.66. The maximum absolute atomic E-state index is 17.6. The van der Waals surface area contributed by atoms with E-state index in [2.05, 4.69) is 52.1 Å². The molecule has 0 N–H and O–H groups in total. The number of fused-ring (bicyclic) bond motifs is 6. The lowest BCUT2D eigenvalue weighted by molar-refractivity contribution is 0.368. The molecule has 7 heteroatoms. The van der Waals surface area contributed by atoms with Crippen LogP contribution in [-0.4, -0.2) is 15.4 Å². The van der Waals surface area contributed by atoms with Gasteiger partial charge in [-0.1, -0.05) is 122 Å². The summed E-state index contributed by atoms with van der Waals surface area (Å²) in [6.07, 6.45) is 0.0662. The molecule has 0 spiro atoms. The Labute approximate surface area is 351 Å². The number of hydrogen-bond donors (Lipinski definition) is 0. The molecule has 0 radical (unpaired) electrons. The lowest BCUT2D eigenvalue weighted by Gasteiger charge is -2.35. The number of halogens is 2. The van der Waals surface area contributed by atoms with Crippen LogP contribution in [0.3, 0.4) is 0 Å². The number of alkyl halides is 1. The van der Waals surface area contributed by atoms with Crippen molar-refractivity contribution < 1.29 is 8.78 Å². The van der Waals surface area contributed by atoms with Gasteiger partial charge in [0.1, 0.15) is 5.82 Å². The second-order valence-electron chi connectivity index (χ2n) is 14.9. The van der Waals surface area contributed by atoms with E-state index in [0.29, 0.717) is 50.2 Å². The predicted octanol–water partition coefficient (Wildman–Crippen LogP) is 14.2. The Morgan fingerprint density at radius 1 is 0.639 bits per heavy atom. The van der Waals surface area contributed by atoms with Crippen LogP contribution in [0.2, 0.25) is 0 Å². The molecule has 0 saturated carbocycles. The molecule has 5 nitrogen and oxygen atoms in total. The number of anilines is 2. The average molecular weight is 792 g/mol. The zero-order valence-corrected chi connectivity index (χ0v) is 33.0. The highest BCUT2D eigenvalue weighted by Gasteiger charge is 2.35. The van der Waals surface area contributed by atoms with E-state index in [4.69, 9.17) is 0 Å². The molecule has 8 aromatic carbocycles. The van der Waals surface area contributed by atoms with E-state index in [1.54, 1.807) is 41.3 Å². The second kappa shape index (κ2) is 14.8. The van der Waals surface area contributed by atoms with Gasteiger partial charge in [0, 0.05) is 43.9 Å². The molecule has 0 aliphatic carbocycles. The van der Waals surface area contributed by atoms with Crippen molar-refractivity contribution in [2.24, 2.45) is 0 Å². The Bertz CT molecular complexity index is 3460. The monoisotopic (exact) mass is 791 g/mol. The number of para-hydroxylation sites is 4. The molecule has 0 saturated heterocycles. The summed E-state index contributed by atoms with van der Waals surface area (Å²) in [6, 6.07) is 58.2. The van der Waals surface area contributed by atoms with E-state index in [9.17, 15) is 10.5 Å². The fourth-order valence-corrected chi connectivity index (χ4v) is 9.12. The highest BCUT2D eigenvalue weighted by atomic mass is 19.1. The molecule has 10 aromatic rings. The number of rotatable bonds is 8. The fourth-order valence-electron chi connectivity index (χ4n) is 9.12. The van der Waals surface area contributed by atoms with Crippen molar-refractivity contribution in [1.29, 1.82) is 10.5 Å². The van der Waals surface area contributed by atoms with E-state index in [-0.39, 0.29) is 11.4 Å². The summed E-state index contributed by atoms with van der Waals surface area (Å²) >= 11 is 0. The van der Waals surface area contributed by atoms with Gasteiger partial charge in [-0.05, 0) is 78.7 Å². The maximum Gasteiger partial charge on any atom is 0.173 e. The molecule has 0 aliphatic heterocycles. The largest absolute Gasteiger partial charge is 0.309 e. The maximum atomic E-state index is 17.6. The molecule has 61 heavy (non-hydrogen) atoms. The number of nitrogens with zero attached hydrogens (tertiary/aromatic N) is 5. The first kappa shape index (κ1) is 37.0. The van der Waals surface area contributed by atoms with Crippen LogP contribution in [0, 0.1) is 28.5 Å². The Morgan fingerprint density at radius 3 is 1.98 bits per heavy atom. The van der Waals surface area contributed by atoms with Gasteiger partial charge >= 0.3 is 0 Å². The van der Waals surface area contributed by atoms with E-state index in [1.807, 2.05) is 109 Å². The Hall–Kier alpha value is -8.26. The van der Waals surface area contributed by atoms with E-state index >= 15 is 8.78 Å². The topological polar surface area (TPSA) is 60.7 Å². The Morgan fingerprint density at radius 2 is 1.28 bits per heavy atom. The van der Waals surface area contributed by atoms with Crippen LogP contribution in [0.1, 0.15) is 23.6 Å². The van der Waals surface area contributed by atoms with Crippen LogP contribution in [0.25, 0.3) is 83.3 Å². The molecule has 1 unspecified atom stereocenters. The summed E-state index contributed by atoms with van der Waals surface area (Å²) in [5, 5.41) is 24.4. The third kappa shape index (κ3) is 5.79. The standard InChI is InChI=1S/C54H35F2N5/c1-3-36-16-10-13-23-45(36)59(34(2)55)54-51(41-28-26-35(32-57)30-38(41)33-58)52-50(43-22-12-15-25-47(43)60(52)40-19-8-5-9-20-40)49(37-17-6-4-7-18-37)53(54)61-46-24-14-11-21-42(46)44-31-39(56)27-29-48(44)61/h3-31,34H,1H2,2H3. The molecular formula is C54H35F2N5. The minimum absolute atomic E-state index is 0.248. The van der Waals surface area contributed by atoms with Crippen molar-refractivity contribution in [3.63, 3.8) is 0 Å². The zero-order valence-electron chi connectivity index (χ0n) is 33.0. The van der Waals surface area contributed by atoms with Crippen LogP contribution in [0.5, 0.6) is 0 Å². The average Bonchev–Trinajstić information content (AvgIpc) is 3.81. The third-order valence-electron chi connectivity index (χ3n) is 11.5. The van der Waals surface area contributed by atoms with Gasteiger partial charge in [0.15, 0.2) is 6.30 Å². The number of nitriles is 2. The number of aromatic nitrogens is 2. The van der Waals surface area contributed by atoms with Crippen LogP contribution < -0.4 is 4.90 Å². The summed E-state index contributed by atoms with van der Waals surface area (Å²) in [5.41, 5.74) is 9.63. The first-order valence-corrected chi connectivity index (χ1v) is 20.0. The molecule has 0 fully saturated rings. The van der Waals surface area contributed by atoms with Crippen molar-refractivity contribution in [3.05, 3.63) is 199 Å². The highest BCUT2D eigenvalue weighted by molar-refractivity contribution is 6.26.